The van der Waals surface area contributed by atoms with Crippen molar-refractivity contribution in [1.82, 2.24) is 20.4 Å². The number of halogens is 2. The number of ether oxygens (including phenoxy) is 1. The molecule has 0 spiro atoms. The highest BCUT2D eigenvalue weighted by atomic mass is 127. The fourth-order valence-electron chi connectivity index (χ4n) is 2.53. The molecule has 8 heteroatoms. The summed E-state index contributed by atoms with van der Waals surface area (Å²) in [7, 11) is 1.64. The minimum absolute atomic E-state index is 0. The van der Waals surface area contributed by atoms with Crippen LogP contribution in [-0.2, 0) is 13.0 Å². The van der Waals surface area contributed by atoms with E-state index < -0.39 is 0 Å². The summed E-state index contributed by atoms with van der Waals surface area (Å²) < 4.78 is 7.13. The van der Waals surface area contributed by atoms with Crippen LogP contribution in [0, 0.1) is 6.92 Å². The molecule has 0 saturated heterocycles. The Morgan fingerprint density at radius 2 is 2.15 bits per heavy atom. The lowest BCUT2D eigenvalue weighted by molar-refractivity contribution is 0.414. The van der Waals surface area contributed by atoms with Gasteiger partial charge in [0.1, 0.15) is 5.75 Å². The standard InChI is InChI=1S/C19H28ClN5O.HI/c1-4-21-19(22-9-5-11-25-14-15(2)13-24-25)23-10-8-16-6-7-17(26-3)12-18(16)20;/h6-7,12-14H,4-5,8-11H2,1-3H3,(H2,21,22,23);1H. The Balaban J connectivity index is 0.00000364. The van der Waals surface area contributed by atoms with Crippen LogP contribution in [-0.4, -0.2) is 42.5 Å². The average Bonchev–Trinajstić information content (AvgIpc) is 3.05. The zero-order chi connectivity index (χ0) is 18.8. The molecule has 0 atom stereocenters. The zero-order valence-corrected chi connectivity index (χ0v) is 19.3. The van der Waals surface area contributed by atoms with E-state index >= 15 is 0 Å². The Labute approximate surface area is 183 Å². The largest absolute Gasteiger partial charge is 0.497 e. The molecule has 0 aliphatic carbocycles. The van der Waals surface area contributed by atoms with Gasteiger partial charge in [0.25, 0.3) is 0 Å². The normalized spacial score (nSPS) is 11.0. The molecule has 0 bridgehead atoms. The maximum atomic E-state index is 6.29. The van der Waals surface area contributed by atoms with Crippen molar-refractivity contribution < 1.29 is 4.74 Å². The third-order valence-electron chi connectivity index (χ3n) is 3.87. The van der Waals surface area contributed by atoms with E-state index in [0.29, 0.717) is 0 Å². The second-order valence-corrected chi connectivity index (χ2v) is 6.44. The molecule has 2 N–H and O–H groups in total. The quantitative estimate of drug-likeness (QED) is 0.236. The van der Waals surface area contributed by atoms with Crippen LogP contribution in [0.15, 0.2) is 35.6 Å². The molecular weight excluding hydrogens is 477 g/mol. The predicted molar refractivity (Wildman–Crippen MR) is 123 cm³/mol. The molecule has 1 aromatic heterocycles. The number of benzene rings is 1. The van der Waals surface area contributed by atoms with E-state index in [9.17, 15) is 0 Å². The number of aryl methyl sites for hydroxylation is 2. The predicted octanol–water partition coefficient (Wildman–Crippen LogP) is 3.66. The van der Waals surface area contributed by atoms with E-state index in [4.69, 9.17) is 16.3 Å². The molecule has 27 heavy (non-hydrogen) atoms. The Hall–Kier alpha value is -1.48. The number of nitrogens with one attached hydrogen (secondary N) is 2. The number of aromatic nitrogens is 2. The molecule has 1 aromatic carbocycles. The molecule has 0 fully saturated rings. The maximum absolute atomic E-state index is 6.29. The van der Waals surface area contributed by atoms with Crippen LogP contribution in [0.2, 0.25) is 5.02 Å². The summed E-state index contributed by atoms with van der Waals surface area (Å²) in [6.07, 6.45) is 5.69. The van der Waals surface area contributed by atoms with E-state index in [1.54, 1.807) is 7.11 Å². The van der Waals surface area contributed by atoms with Crippen LogP contribution in [0.3, 0.4) is 0 Å². The Bertz CT molecular complexity index is 720. The van der Waals surface area contributed by atoms with Crippen LogP contribution in [0.4, 0.5) is 0 Å². The highest BCUT2D eigenvalue weighted by molar-refractivity contribution is 14.0. The molecule has 6 nitrogen and oxygen atoms in total. The molecule has 0 unspecified atom stereocenters. The number of aliphatic imine (C=N–C) groups is 1. The van der Waals surface area contributed by atoms with E-state index in [1.807, 2.05) is 42.2 Å². The fraction of sp³-hybridized carbons (Fsp3) is 0.474. The summed E-state index contributed by atoms with van der Waals surface area (Å²) >= 11 is 6.29. The molecule has 0 amide bonds. The summed E-state index contributed by atoms with van der Waals surface area (Å²) in [5.74, 6) is 1.60. The summed E-state index contributed by atoms with van der Waals surface area (Å²) in [4.78, 5) is 4.62. The summed E-state index contributed by atoms with van der Waals surface area (Å²) in [5, 5.41) is 11.6. The SMILES string of the molecule is CCNC(=NCCCn1cc(C)cn1)NCCc1ccc(OC)cc1Cl.I. The van der Waals surface area contributed by atoms with Crippen molar-refractivity contribution in [3.63, 3.8) is 0 Å². The minimum Gasteiger partial charge on any atom is -0.497 e. The Morgan fingerprint density at radius 1 is 1.33 bits per heavy atom. The number of hydrogen-bond acceptors (Lipinski definition) is 3. The van der Waals surface area contributed by atoms with Gasteiger partial charge in [0.2, 0.25) is 0 Å². The summed E-state index contributed by atoms with van der Waals surface area (Å²) in [6.45, 7) is 7.31. The molecule has 2 aromatic rings. The van der Waals surface area contributed by atoms with Gasteiger partial charge in [0.05, 0.1) is 13.3 Å². The van der Waals surface area contributed by atoms with Crippen molar-refractivity contribution in [1.29, 1.82) is 0 Å². The molecule has 2 rings (SSSR count). The summed E-state index contributed by atoms with van der Waals surface area (Å²) in [6, 6.07) is 5.77. The first-order valence-corrected chi connectivity index (χ1v) is 9.33. The van der Waals surface area contributed by atoms with Crippen LogP contribution in [0.5, 0.6) is 5.75 Å². The number of hydrogen-bond donors (Lipinski definition) is 2. The maximum Gasteiger partial charge on any atom is 0.191 e. The zero-order valence-electron chi connectivity index (χ0n) is 16.2. The third kappa shape index (κ3) is 8.38. The first-order valence-electron chi connectivity index (χ1n) is 8.96. The highest BCUT2D eigenvalue weighted by Crippen LogP contribution is 2.22. The van der Waals surface area contributed by atoms with Crippen molar-refractivity contribution >= 4 is 41.5 Å². The molecule has 0 aliphatic rings. The van der Waals surface area contributed by atoms with Gasteiger partial charge in [0, 0.05) is 37.4 Å². The smallest absolute Gasteiger partial charge is 0.191 e. The molecule has 0 radical (unpaired) electrons. The van der Waals surface area contributed by atoms with Gasteiger partial charge in [-0.3, -0.25) is 9.67 Å². The molecular formula is C19H29ClIN5O. The van der Waals surface area contributed by atoms with Gasteiger partial charge in [-0.1, -0.05) is 17.7 Å². The van der Waals surface area contributed by atoms with E-state index in [1.165, 1.54) is 5.56 Å². The number of rotatable bonds is 9. The Kier molecular flexibility index (Phi) is 11.2. The highest BCUT2D eigenvalue weighted by Gasteiger charge is 2.03. The van der Waals surface area contributed by atoms with Gasteiger partial charge in [0.15, 0.2) is 5.96 Å². The molecule has 0 aliphatic heterocycles. The lowest BCUT2D eigenvalue weighted by atomic mass is 10.1. The second kappa shape index (κ2) is 12.8. The van der Waals surface area contributed by atoms with Gasteiger partial charge >= 0.3 is 0 Å². The second-order valence-electron chi connectivity index (χ2n) is 6.03. The molecule has 0 saturated carbocycles. The van der Waals surface area contributed by atoms with Crippen molar-refractivity contribution in [3.05, 3.63) is 46.7 Å². The van der Waals surface area contributed by atoms with Gasteiger partial charge in [-0.15, -0.1) is 24.0 Å². The number of nitrogens with zero attached hydrogens (tertiary/aromatic N) is 3. The molecule has 1 heterocycles. The minimum atomic E-state index is 0. The van der Waals surface area contributed by atoms with Crippen LogP contribution >= 0.6 is 35.6 Å². The lowest BCUT2D eigenvalue weighted by Gasteiger charge is -2.12. The van der Waals surface area contributed by atoms with Gasteiger partial charge < -0.3 is 15.4 Å². The average molecular weight is 506 g/mol. The van der Waals surface area contributed by atoms with Crippen LogP contribution in [0.1, 0.15) is 24.5 Å². The topological polar surface area (TPSA) is 63.5 Å². The third-order valence-corrected chi connectivity index (χ3v) is 4.22. The van der Waals surface area contributed by atoms with Gasteiger partial charge in [-0.2, -0.15) is 5.10 Å². The fourth-order valence-corrected chi connectivity index (χ4v) is 2.79. The van der Waals surface area contributed by atoms with Gasteiger partial charge in [-0.25, -0.2) is 0 Å². The van der Waals surface area contributed by atoms with Crippen LogP contribution in [0.25, 0.3) is 0 Å². The van der Waals surface area contributed by atoms with Gasteiger partial charge in [-0.05, 0) is 49.9 Å². The Morgan fingerprint density at radius 3 is 2.78 bits per heavy atom. The lowest BCUT2D eigenvalue weighted by Crippen LogP contribution is -2.38. The first kappa shape index (κ1) is 23.6. The summed E-state index contributed by atoms with van der Waals surface area (Å²) in [5.41, 5.74) is 2.27. The van der Waals surface area contributed by atoms with E-state index in [2.05, 4.69) is 27.6 Å². The first-order chi connectivity index (χ1) is 12.6. The van der Waals surface area contributed by atoms with E-state index in [-0.39, 0.29) is 24.0 Å². The molecule has 150 valence electrons. The number of guanidine groups is 1. The van der Waals surface area contributed by atoms with Crippen molar-refractivity contribution in [2.24, 2.45) is 4.99 Å². The van der Waals surface area contributed by atoms with Crippen molar-refractivity contribution in [2.75, 3.05) is 26.7 Å². The van der Waals surface area contributed by atoms with Crippen LogP contribution < -0.4 is 15.4 Å². The van der Waals surface area contributed by atoms with Crippen molar-refractivity contribution in [2.45, 2.75) is 33.2 Å². The van der Waals surface area contributed by atoms with E-state index in [0.717, 1.165) is 61.3 Å². The monoisotopic (exact) mass is 505 g/mol. The number of methoxy groups -OCH3 is 1. The van der Waals surface area contributed by atoms with Crippen molar-refractivity contribution in [3.8, 4) is 5.75 Å².